The molecule has 0 saturated heterocycles. The van der Waals surface area contributed by atoms with Gasteiger partial charge in [-0.2, -0.15) is 0 Å². The van der Waals surface area contributed by atoms with Crippen molar-refractivity contribution in [3.05, 3.63) is 23.7 Å². The predicted octanol–water partition coefficient (Wildman–Crippen LogP) is 4.48. The largest absolute Gasteiger partial charge is 0.499 e. The molecule has 0 unspecified atom stereocenters. The van der Waals surface area contributed by atoms with Crippen LogP contribution in [0.15, 0.2) is 23.7 Å². The molecule has 0 heterocycles. The quantitative estimate of drug-likeness (QED) is 0.267. The molecule has 0 amide bonds. The van der Waals surface area contributed by atoms with Crippen LogP contribution < -0.4 is 0 Å². The van der Waals surface area contributed by atoms with Gasteiger partial charge in [-0.05, 0) is 36.8 Å². The first-order valence-corrected chi connectivity index (χ1v) is 9.60. The summed E-state index contributed by atoms with van der Waals surface area (Å²) in [6.07, 6.45) is 7.84. The van der Waals surface area contributed by atoms with E-state index in [-0.39, 0.29) is 0 Å². The lowest BCUT2D eigenvalue weighted by atomic mass is 10.2. The maximum atomic E-state index is 5.44. The molecule has 5 heteroatoms. The molecule has 148 valence electrons. The van der Waals surface area contributed by atoms with Crippen LogP contribution in [0.2, 0.25) is 0 Å². The van der Waals surface area contributed by atoms with E-state index in [9.17, 15) is 0 Å². The summed E-state index contributed by atoms with van der Waals surface area (Å²) in [6.45, 7) is 13.2. The number of ether oxygens (including phenoxy) is 5. The molecule has 5 nitrogen and oxygen atoms in total. The summed E-state index contributed by atoms with van der Waals surface area (Å²) in [6, 6.07) is 0. The molecule has 0 aliphatic rings. The fraction of sp³-hybridized carbons (Fsp3) is 0.800. The van der Waals surface area contributed by atoms with Gasteiger partial charge in [-0.1, -0.05) is 27.7 Å². The lowest BCUT2D eigenvalue weighted by molar-refractivity contribution is 0.000257. The third-order valence-corrected chi connectivity index (χ3v) is 3.75. The van der Waals surface area contributed by atoms with Gasteiger partial charge in [-0.25, -0.2) is 0 Å². The standard InChI is InChI=1S/C20H38O5/c1-5-19(6-2)17-24-15-13-22-11-9-21-10-12-23-14-16-25-18-20(7-3)8-4/h17-18H,5-16H2,1-4H3. The minimum atomic E-state index is 0.573. The smallest absolute Gasteiger partial charge is 0.111 e. The summed E-state index contributed by atoms with van der Waals surface area (Å²) in [5.74, 6) is 0. The van der Waals surface area contributed by atoms with Crippen molar-refractivity contribution in [2.24, 2.45) is 0 Å². The normalized spacial score (nSPS) is 10.4. The predicted molar refractivity (Wildman–Crippen MR) is 102 cm³/mol. The lowest BCUT2D eigenvalue weighted by Crippen LogP contribution is -2.12. The van der Waals surface area contributed by atoms with Gasteiger partial charge in [0, 0.05) is 0 Å². The Morgan fingerprint density at radius 1 is 0.480 bits per heavy atom. The molecule has 0 saturated carbocycles. The SMILES string of the molecule is CCC(=COCCOCCOCCOCCOC=C(CC)CC)CC. The van der Waals surface area contributed by atoms with Crippen molar-refractivity contribution in [3.63, 3.8) is 0 Å². The molecule has 0 rings (SSSR count). The van der Waals surface area contributed by atoms with Gasteiger partial charge in [0.2, 0.25) is 0 Å². The van der Waals surface area contributed by atoms with Crippen LogP contribution in [-0.4, -0.2) is 52.9 Å². The Balaban J connectivity index is 3.24. The topological polar surface area (TPSA) is 46.2 Å². The molecule has 0 aromatic heterocycles. The van der Waals surface area contributed by atoms with Gasteiger partial charge in [0.05, 0.1) is 52.2 Å². The van der Waals surface area contributed by atoms with Crippen LogP contribution in [0.4, 0.5) is 0 Å². The van der Waals surface area contributed by atoms with E-state index in [0.717, 1.165) is 25.7 Å². The van der Waals surface area contributed by atoms with E-state index >= 15 is 0 Å². The van der Waals surface area contributed by atoms with E-state index in [4.69, 9.17) is 23.7 Å². The molecule has 0 atom stereocenters. The van der Waals surface area contributed by atoms with E-state index in [1.54, 1.807) is 0 Å². The number of rotatable bonds is 18. The average Bonchev–Trinajstić information content (AvgIpc) is 2.64. The molecule has 0 aliphatic carbocycles. The van der Waals surface area contributed by atoms with Gasteiger partial charge in [0.1, 0.15) is 13.2 Å². The average molecular weight is 359 g/mol. The second-order valence-electron chi connectivity index (χ2n) is 5.55. The zero-order valence-corrected chi connectivity index (χ0v) is 16.7. The van der Waals surface area contributed by atoms with Gasteiger partial charge in [0.15, 0.2) is 0 Å². The molecular weight excluding hydrogens is 320 g/mol. The maximum Gasteiger partial charge on any atom is 0.111 e. The zero-order chi connectivity index (χ0) is 18.6. The fourth-order valence-corrected chi connectivity index (χ4v) is 1.94. The van der Waals surface area contributed by atoms with Crippen molar-refractivity contribution in [3.8, 4) is 0 Å². The van der Waals surface area contributed by atoms with E-state index in [1.165, 1.54) is 11.1 Å². The van der Waals surface area contributed by atoms with Crippen molar-refractivity contribution < 1.29 is 23.7 Å². The van der Waals surface area contributed by atoms with Crippen molar-refractivity contribution in [2.75, 3.05) is 52.9 Å². The number of hydrogen-bond donors (Lipinski definition) is 0. The highest BCUT2D eigenvalue weighted by Gasteiger charge is 1.94. The van der Waals surface area contributed by atoms with E-state index < -0.39 is 0 Å². The summed E-state index contributed by atoms with van der Waals surface area (Å²) < 4.78 is 27.2. The van der Waals surface area contributed by atoms with Crippen LogP contribution >= 0.6 is 0 Å². The minimum absolute atomic E-state index is 0.573. The number of allylic oxidation sites excluding steroid dienone is 2. The second kappa shape index (κ2) is 19.3. The Labute approximate surface area is 154 Å². The van der Waals surface area contributed by atoms with Crippen molar-refractivity contribution in [1.29, 1.82) is 0 Å². The Morgan fingerprint density at radius 2 is 0.760 bits per heavy atom. The van der Waals surface area contributed by atoms with E-state index in [0.29, 0.717) is 52.9 Å². The third kappa shape index (κ3) is 16.2. The van der Waals surface area contributed by atoms with Crippen molar-refractivity contribution in [1.82, 2.24) is 0 Å². The Morgan fingerprint density at radius 3 is 1.04 bits per heavy atom. The summed E-state index contributed by atoms with van der Waals surface area (Å²) in [5.41, 5.74) is 2.64. The van der Waals surface area contributed by atoms with Gasteiger partial charge in [-0.3, -0.25) is 0 Å². The first-order valence-electron chi connectivity index (χ1n) is 9.60. The number of hydrogen-bond acceptors (Lipinski definition) is 5. The van der Waals surface area contributed by atoms with E-state index in [2.05, 4.69) is 27.7 Å². The molecule has 0 bridgehead atoms. The van der Waals surface area contributed by atoms with Gasteiger partial charge in [-0.15, -0.1) is 0 Å². The van der Waals surface area contributed by atoms with Gasteiger partial charge >= 0.3 is 0 Å². The molecule has 0 spiro atoms. The highest BCUT2D eigenvalue weighted by molar-refractivity contribution is 4.95. The molecule has 0 aromatic carbocycles. The minimum Gasteiger partial charge on any atom is -0.499 e. The molecule has 0 aliphatic heterocycles. The van der Waals surface area contributed by atoms with Crippen LogP contribution in [0, 0.1) is 0 Å². The highest BCUT2D eigenvalue weighted by atomic mass is 16.6. The first kappa shape index (κ1) is 24.0. The highest BCUT2D eigenvalue weighted by Crippen LogP contribution is 2.05. The Kier molecular flexibility index (Phi) is 18.5. The zero-order valence-electron chi connectivity index (χ0n) is 16.7. The van der Waals surface area contributed by atoms with Crippen molar-refractivity contribution >= 4 is 0 Å². The maximum absolute atomic E-state index is 5.44. The lowest BCUT2D eigenvalue weighted by Gasteiger charge is -2.08. The molecule has 0 fully saturated rings. The summed E-state index contributed by atoms with van der Waals surface area (Å²) >= 11 is 0. The van der Waals surface area contributed by atoms with Crippen LogP contribution in [-0.2, 0) is 23.7 Å². The van der Waals surface area contributed by atoms with Crippen molar-refractivity contribution in [2.45, 2.75) is 53.4 Å². The monoisotopic (exact) mass is 358 g/mol. The van der Waals surface area contributed by atoms with Crippen LogP contribution in [0.25, 0.3) is 0 Å². The molecular formula is C20H38O5. The molecule has 0 aromatic rings. The third-order valence-electron chi connectivity index (χ3n) is 3.75. The van der Waals surface area contributed by atoms with Gasteiger partial charge < -0.3 is 23.7 Å². The molecule has 0 radical (unpaired) electrons. The summed E-state index contributed by atoms with van der Waals surface area (Å²) in [5, 5.41) is 0. The molecule has 0 N–H and O–H groups in total. The Bertz CT molecular complexity index is 295. The van der Waals surface area contributed by atoms with Crippen LogP contribution in [0.1, 0.15) is 53.4 Å². The van der Waals surface area contributed by atoms with Crippen LogP contribution in [0.5, 0.6) is 0 Å². The molecule has 25 heavy (non-hydrogen) atoms. The van der Waals surface area contributed by atoms with Gasteiger partial charge in [0.25, 0.3) is 0 Å². The fourth-order valence-electron chi connectivity index (χ4n) is 1.94. The Hall–Kier alpha value is -1.04. The van der Waals surface area contributed by atoms with E-state index in [1.807, 2.05) is 12.5 Å². The summed E-state index contributed by atoms with van der Waals surface area (Å²) in [7, 11) is 0. The second-order valence-corrected chi connectivity index (χ2v) is 5.55. The first-order chi connectivity index (χ1) is 12.3. The van der Waals surface area contributed by atoms with Crippen LogP contribution in [0.3, 0.4) is 0 Å². The summed E-state index contributed by atoms with van der Waals surface area (Å²) in [4.78, 5) is 0.